The summed E-state index contributed by atoms with van der Waals surface area (Å²) in [6.45, 7) is 2.73. The average Bonchev–Trinajstić information content (AvgIpc) is 3.15. The summed E-state index contributed by atoms with van der Waals surface area (Å²) in [6.07, 6.45) is 5.15. The summed E-state index contributed by atoms with van der Waals surface area (Å²) in [4.78, 5) is 39.5. The zero-order valence-corrected chi connectivity index (χ0v) is 19.8. The lowest BCUT2D eigenvalue weighted by Crippen LogP contribution is -2.31. The fourth-order valence-corrected chi connectivity index (χ4v) is 3.86. The quantitative estimate of drug-likeness (QED) is 0.465. The normalized spacial score (nSPS) is 13.6. The molecule has 1 fully saturated rings. The molecule has 182 valence electrons. The highest BCUT2D eigenvalue weighted by atomic mass is 16.5. The number of benzene rings is 2. The minimum absolute atomic E-state index is 0.0345. The summed E-state index contributed by atoms with van der Waals surface area (Å²) in [7, 11) is 1.62. The van der Waals surface area contributed by atoms with Crippen molar-refractivity contribution in [1.29, 1.82) is 0 Å². The van der Waals surface area contributed by atoms with Crippen LogP contribution in [0, 0.1) is 0 Å². The molecule has 2 aromatic carbocycles. The van der Waals surface area contributed by atoms with Crippen molar-refractivity contribution >= 4 is 29.1 Å². The van der Waals surface area contributed by atoms with E-state index >= 15 is 0 Å². The Morgan fingerprint density at radius 2 is 1.59 bits per heavy atom. The SMILES string of the molecule is COCCCNC(=O)c1cccc(NC(=O)CNc2cccc(C(=O)N3CCCCCC3)c2)c1. The van der Waals surface area contributed by atoms with Crippen LogP contribution >= 0.6 is 0 Å². The van der Waals surface area contributed by atoms with Crippen LogP contribution in [0.2, 0.25) is 0 Å². The van der Waals surface area contributed by atoms with Gasteiger partial charge in [0, 0.05) is 55.9 Å². The Morgan fingerprint density at radius 3 is 2.32 bits per heavy atom. The van der Waals surface area contributed by atoms with E-state index in [-0.39, 0.29) is 24.3 Å². The van der Waals surface area contributed by atoms with E-state index in [0.717, 1.165) is 32.4 Å². The first kappa shape index (κ1) is 25.2. The van der Waals surface area contributed by atoms with Crippen molar-refractivity contribution in [3.63, 3.8) is 0 Å². The van der Waals surface area contributed by atoms with Gasteiger partial charge in [0.1, 0.15) is 0 Å². The highest BCUT2D eigenvalue weighted by molar-refractivity contribution is 5.98. The van der Waals surface area contributed by atoms with Crippen LogP contribution in [0.5, 0.6) is 0 Å². The third-order valence-electron chi connectivity index (χ3n) is 5.68. The summed E-state index contributed by atoms with van der Waals surface area (Å²) < 4.78 is 4.97. The first-order valence-electron chi connectivity index (χ1n) is 11.9. The molecule has 1 aliphatic rings. The van der Waals surface area contributed by atoms with Gasteiger partial charge in [0.2, 0.25) is 5.91 Å². The smallest absolute Gasteiger partial charge is 0.253 e. The number of hydrogen-bond acceptors (Lipinski definition) is 5. The van der Waals surface area contributed by atoms with Gasteiger partial charge in [0.25, 0.3) is 11.8 Å². The van der Waals surface area contributed by atoms with Gasteiger partial charge in [-0.05, 0) is 55.7 Å². The monoisotopic (exact) mass is 466 g/mol. The third-order valence-corrected chi connectivity index (χ3v) is 5.68. The van der Waals surface area contributed by atoms with Crippen molar-refractivity contribution in [3.8, 4) is 0 Å². The molecule has 1 heterocycles. The maximum atomic E-state index is 12.8. The van der Waals surface area contributed by atoms with Crippen molar-refractivity contribution < 1.29 is 19.1 Å². The lowest BCUT2D eigenvalue weighted by atomic mass is 10.1. The summed E-state index contributed by atoms with van der Waals surface area (Å²) >= 11 is 0. The molecule has 3 N–H and O–H groups in total. The van der Waals surface area contributed by atoms with Gasteiger partial charge in [-0.3, -0.25) is 14.4 Å². The Labute approximate surface area is 201 Å². The van der Waals surface area contributed by atoms with Gasteiger partial charge in [-0.1, -0.05) is 25.0 Å². The van der Waals surface area contributed by atoms with Gasteiger partial charge in [-0.25, -0.2) is 0 Å². The van der Waals surface area contributed by atoms with E-state index in [9.17, 15) is 14.4 Å². The van der Waals surface area contributed by atoms with Gasteiger partial charge in [0.15, 0.2) is 0 Å². The fourth-order valence-electron chi connectivity index (χ4n) is 3.86. The zero-order chi connectivity index (χ0) is 24.2. The van der Waals surface area contributed by atoms with E-state index in [4.69, 9.17) is 4.74 Å². The predicted octanol–water partition coefficient (Wildman–Crippen LogP) is 3.52. The molecule has 0 radical (unpaired) electrons. The Hall–Kier alpha value is -3.39. The number of amides is 3. The van der Waals surface area contributed by atoms with Crippen LogP contribution in [0.1, 0.15) is 52.8 Å². The van der Waals surface area contributed by atoms with Crippen LogP contribution in [0.25, 0.3) is 0 Å². The molecule has 0 spiro atoms. The minimum atomic E-state index is -0.248. The topological polar surface area (TPSA) is 99.8 Å². The molecule has 3 rings (SSSR count). The molecule has 34 heavy (non-hydrogen) atoms. The maximum Gasteiger partial charge on any atom is 0.253 e. The number of ether oxygens (including phenoxy) is 1. The first-order chi connectivity index (χ1) is 16.6. The number of methoxy groups -OCH3 is 1. The second kappa shape index (κ2) is 13.3. The third kappa shape index (κ3) is 7.88. The number of carbonyl (C=O) groups excluding carboxylic acids is 3. The maximum absolute atomic E-state index is 12.8. The van der Waals surface area contributed by atoms with E-state index in [1.54, 1.807) is 37.4 Å². The highest BCUT2D eigenvalue weighted by Crippen LogP contribution is 2.17. The number of rotatable bonds is 10. The molecule has 0 saturated carbocycles. The second-order valence-electron chi connectivity index (χ2n) is 8.37. The van der Waals surface area contributed by atoms with Crippen molar-refractivity contribution in [2.75, 3.05) is 50.5 Å². The molecule has 0 aromatic heterocycles. The first-order valence-corrected chi connectivity index (χ1v) is 11.9. The molecule has 1 saturated heterocycles. The average molecular weight is 467 g/mol. The summed E-state index contributed by atoms with van der Waals surface area (Å²) in [5.74, 6) is -0.412. The molecular formula is C26H34N4O4. The Bertz CT molecular complexity index is 971. The number of nitrogens with one attached hydrogen (secondary N) is 3. The Balaban J connectivity index is 1.51. The second-order valence-corrected chi connectivity index (χ2v) is 8.37. The molecule has 0 atom stereocenters. The van der Waals surface area contributed by atoms with Crippen LogP contribution in [-0.2, 0) is 9.53 Å². The number of nitrogens with zero attached hydrogens (tertiary/aromatic N) is 1. The molecule has 0 aliphatic carbocycles. The van der Waals surface area contributed by atoms with Crippen molar-refractivity contribution in [2.45, 2.75) is 32.1 Å². The standard InChI is InChI=1S/C26H34N4O4/c1-34-16-8-13-27-25(32)20-9-6-12-23(17-20)29-24(31)19-28-22-11-7-10-21(18-22)26(33)30-14-4-2-3-5-15-30/h6-7,9-12,17-18,28H,2-5,8,13-16,19H2,1H3,(H,27,32)(H,29,31). The molecule has 1 aliphatic heterocycles. The van der Waals surface area contributed by atoms with E-state index in [0.29, 0.717) is 35.7 Å². The molecule has 2 aromatic rings. The Morgan fingerprint density at radius 1 is 0.912 bits per heavy atom. The van der Waals surface area contributed by atoms with Gasteiger partial charge in [-0.2, -0.15) is 0 Å². The fraction of sp³-hybridized carbons (Fsp3) is 0.423. The van der Waals surface area contributed by atoms with Crippen LogP contribution in [-0.4, -0.2) is 62.5 Å². The molecule has 0 bridgehead atoms. The summed E-state index contributed by atoms with van der Waals surface area (Å²) in [5, 5.41) is 8.71. The lowest BCUT2D eigenvalue weighted by Gasteiger charge is -2.20. The highest BCUT2D eigenvalue weighted by Gasteiger charge is 2.17. The van der Waals surface area contributed by atoms with Crippen LogP contribution in [0.3, 0.4) is 0 Å². The number of likely N-dealkylation sites (tertiary alicyclic amines) is 1. The van der Waals surface area contributed by atoms with E-state index in [2.05, 4.69) is 16.0 Å². The minimum Gasteiger partial charge on any atom is -0.385 e. The largest absolute Gasteiger partial charge is 0.385 e. The van der Waals surface area contributed by atoms with Crippen molar-refractivity contribution in [2.24, 2.45) is 0 Å². The van der Waals surface area contributed by atoms with Gasteiger partial charge >= 0.3 is 0 Å². The molecule has 8 heteroatoms. The predicted molar refractivity (Wildman–Crippen MR) is 133 cm³/mol. The summed E-state index contributed by atoms with van der Waals surface area (Å²) in [5.41, 5.74) is 2.35. The van der Waals surface area contributed by atoms with Gasteiger partial charge in [0.05, 0.1) is 6.54 Å². The van der Waals surface area contributed by atoms with Crippen molar-refractivity contribution in [3.05, 3.63) is 59.7 Å². The Kier molecular flexibility index (Phi) is 9.91. The van der Waals surface area contributed by atoms with Gasteiger partial charge < -0.3 is 25.6 Å². The molecule has 0 unspecified atom stereocenters. The lowest BCUT2D eigenvalue weighted by molar-refractivity contribution is -0.114. The van der Waals surface area contributed by atoms with Crippen LogP contribution < -0.4 is 16.0 Å². The van der Waals surface area contributed by atoms with E-state index < -0.39 is 0 Å². The van der Waals surface area contributed by atoms with Crippen LogP contribution in [0.4, 0.5) is 11.4 Å². The van der Waals surface area contributed by atoms with Crippen molar-refractivity contribution in [1.82, 2.24) is 10.2 Å². The van der Waals surface area contributed by atoms with Crippen LogP contribution in [0.15, 0.2) is 48.5 Å². The molecular weight excluding hydrogens is 432 g/mol. The molecule has 8 nitrogen and oxygen atoms in total. The molecule has 3 amide bonds. The summed E-state index contributed by atoms with van der Waals surface area (Å²) in [6, 6.07) is 14.1. The van der Waals surface area contributed by atoms with E-state index in [1.807, 2.05) is 23.1 Å². The van der Waals surface area contributed by atoms with Gasteiger partial charge in [-0.15, -0.1) is 0 Å². The number of carbonyl (C=O) groups is 3. The van der Waals surface area contributed by atoms with E-state index in [1.165, 1.54) is 12.8 Å². The zero-order valence-electron chi connectivity index (χ0n) is 19.8. The number of anilines is 2. The number of hydrogen-bond donors (Lipinski definition) is 3.